The fourth-order valence-electron chi connectivity index (χ4n) is 1.42. The second-order valence-electron chi connectivity index (χ2n) is 3.47. The van der Waals surface area contributed by atoms with Crippen LogP contribution in [0.5, 0.6) is 0 Å². The molecule has 0 unspecified atom stereocenters. The number of nitrogens with zero attached hydrogens (tertiary/aromatic N) is 1. The van der Waals surface area contributed by atoms with Crippen molar-refractivity contribution < 1.29 is 4.39 Å². The Hall–Kier alpha value is -1.30. The van der Waals surface area contributed by atoms with E-state index >= 15 is 0 Å². The van der Waals surface area contributed by atoms with Crippen LogP contribution in [-0.4, -0.2) is 4.98 Å². The highest BCUT2D eigenvalue weighted by Crippen LogP contribution is 2.23. The molecule has 0 saturated heterocycles. The first kappa shape index (κ1) is 11.2. The van der Waals surface area contributed by atoms with Gasteiger partial charge in [-0.25, -0.2) is 9.37 Å². The number of aromatic nitrogens is 1. The number of rotatable bonds is 3. The minimum absolute atomic E-state index is 0.192. The van der Waals surface area contributed by atoms with Gasteiger partial charge in [-0.2, -0.15) is 0 Å². The lowest BCUT2D eigenvalue weighted by Crippen LogP contribution is -2.20. The van der Waals surface area contributed by atoms with Gasteiger partial charge in [0.1, 0.15) is 10.8 Å². The van der Waals surface area contributed by atoms with Crippen LogP contribution in [0, 0.1) is 12.7 Å². The second-order valence-corrected chi connectivity index (χ2v) is 4.41. The SMILES string of the molecule is Cc1cc(-c2csc(CNN)n2)ccc1F. The summed E-state index contributed by atoms with van der Waals surface area (Å²) in [6, 6.07) is 4.99. The van der Waals surface area contributed by atoms with Crippen LogP contribution in [0.15, 0.2) is 23.6 Å². The van der Waals surface area contributed by atoms with Gasteiger partial charge < -0.3 is 0 Å². The smallest absolute Gasteiger partial charge is 0.126 e. The largest absolute Gasteiger partial charge is 0.271 e. The molecular formula is C11H12FN3S. The van der Waals surface area contributed by atoms with Gasteiger partial charge in [-0.1, -0.05) is 0 Å². The first-order valence-electron chi connectivity index (χ1n) is 4.85. The second kappa shape index (κ2) is 4.69. The highest BCUT2D eigenvalue weighted by atomic mass is 32.1. The van der Waals surface area contributed by atoms with E-state index < -0.39 is 0 Å². The molecule has 0 saturated carbocycles. The number of halogens is 1. The van der Waals surface area contributed by atoms with Crippen LogP contribution in [0.2, 0.25) is 0 Å². The maximum Gasteiger partial charge on any atom is 0.126 e. The van der Waals surface area contributed by atoms with Crippen molar-refractivity contribution in [2.75, 3.05) is 0 Å². The normalized spacial score (nSPS) is 10.7. The van der Waals surface area contributed by atoms with Gasteiger partial charge in [0.15, 0.2) is 0 Å². The zero-order chi connectivity index (χ0) is 11.5. The molecule has 1 aromatic carbocycles. The maximum absolute atomic E-state index is 13.1. The topological polar surface area (TPSA) is 50.9 Å². The number of nitrogens with one attached hydrogen (secondary N) is 1. The number of hydrazine groups is 1. The van der Waals surface area contributed by atoms with Crippen LogP contribution in [0.1, 0.15) is 10.6 Å². The summed E-state index contributed by atoms with van der Waals surface area (Å²) in [6.07, 6.45) is 0. The van der Waals surface area contributed by atoms with Crippen molar-refractivity contribution in [2.24, 2.45) is 5.84 Å². The van der Waals surface area contributed by atoms with Gasteiger partial charge in [0.25, 0.3) is 0 Å². The predicted octanol–water partition coefficient (Wildman–Crippen LogP) is 2.22. The summed E-state index contributed by atoms with van der Waals surface area (Å²) in [6.45, 7) is 2.29. The van der Waals surface area contributed by atoms with E-state index in [1.165, 1.54) is 17.4 Å². The Morgan fingerprint density at radius 1 is 1.50 bits per heavy atom. The fourth-order valence-corrected chi connectivity index (χ4v) is 2.17. The van der Waals surface area contributed by atoms with E-state index in [-0.39, 0.29) is 5.82 Å². The average molecular weight is 237 g/mol. The molecule has 0 fully saturated rings. The Morgan fingerprint density at radius 2 is 2.31 bits per heavy atom. The van der Waals surface area contributed by atoms with Crippen LogP contribution in [0.4, 0.5) is 4.39 Å². The number of nitrogens with two attached hydrogens (primary N) is 1. The van der Waals surface area contributed by atoms with E-state index in [1.807, 2.05) is 5.38 Å². The molecule has 0 aliphatic rings. The zero-order valence-electron chi connectivity index (χ0n) is 8.83. The van der Waals surface area contributed by atoms with Gasteiger partial charge >= 0.3 is 0 Å². The van der Waals surface area contributed by atoms with Gasteiger partial charge in [0.05, 0.1) is 12.2 Å². The maximum atomic E-state index is 13.1. The Balaban J connectivity index is 2.31. The van der Waals surface area contributed by atoms with Gasteiger partial charge in [-0.05, 0) is 30.7 Å². The zero-order valence-corrected chi connectivity index (χ0v) is 9.64. The molecule has 2 rings (SSSR count). The van der Waals surface area contributed by atoms with Gasteiger partial charge in [0, 0.05) is 10.9 Å². The highest BCUT2D eigenvalue weighted by Gasteiger charge is 2.05. The van der Waals surface area contributed by atoms with Crippen LogP contribution >= 0.6 is 11.3 Å². The van der Waals surface area contributed by atoms with Gasteiger partial charge in [-0.15, -0.1) is 11.3 Å². The Kier molecular flexibility index (Phi) is 3.28. The lowest BCUT2D eigenvalue weighted by atomic mass is 10.1. The first-order chi connectivity index (χ1) is 7.70. The summed E-state index contributed by atoms with van der Waals surface area (Å²) in [5, 5.41) is 2.86. The fraction of sp³-hybridized carbons (Fsp3) is 0.182. The molecule has 5 heteroatoms. The van der Waals surface area contributed by atoms with E-state index in [1.54, 1.807) is 19.1 Å². The Bertz CT molecular complexity index is 496. The van der Waals surface area contributed by atoms with Crippen molar-refractivity contribution in [3.63, 3.8) is 0 Å². The third kappa shape index (κ3) is 2.27. The van der Waals surface area contributed by atoms with E-state index in [0.29, 0.717) is 12.1 Å². The van der Waals surface area contributed by atoms with Gasteiger partial charge in [-0.3, -0.25) is 11.3 Å². The molecule has 0 bridgehead atoms. The molecule has 1 aromatic heterocycles. The van der Waals surface area contributed by atoms with Crippen molar-refractivity contribution in [2.45, 2.75) is 13.5 Å². The summed E-state index contributed by atoms with van der Waals surface area (Å²) < 4.78 is 13.1. The van der Waals surface area contributed by atoms with E-state index in [2.05, 4.69) is 10.4 Å². The summed E-state index contributed by atoms with van der Waals surface area (Å²) in [5.41, 5.74) is 4.97. The van der Waals surface area contributed by atoms with Gasteiger partial charge in [0.2, 0.25) is 0 Å². The van der Waals surface area contributed by atoms with Crippen molar-refractivity contribution >= 4 is 11.3 Å². The number of hydrogen-bond donors (Lipinski definition) is 2. The molecule has 0 atom stereocenters. The minimum atomic E-state index is -0.192. The molecule has 3 N–H and O–H groups in total. The van der Waals surface area contributed by atoms with E-state index in [4.69, 9.17) is 5.84 Å². The molecule has 1 heterocycles. The van der Waals surface area contributed by atoms with Crippen molar-refractivity contribution in [3.05, 3.63) is 40.0 Å². The van der Waals surface area contributed by atoms with Crippen LogP contribution in [0.25, 0.3) is 11.3 Å². The molecule has 0 spiro atoms. The monoisotopic (exact) mass is 237 g/mol. The van der Waals surface area contributed by atoms with E-state index in [9.17, 15) is 4.39 Å². The molecule has 0 radical (unpaired) electrons. The third-order valence-electron chi connectivity index (χ3n) is 2.26. The summed E-state index contributed by atoms with van der Waals surface area (Å²) in [5.74, 6) is 5.03. The first-order valence-corrected chi connectivity index (χ1v) is 5.73. The number of thiazole rings is 1. The van der Waals surface area contributed by atoms with Crippen LogP contribution in [-0.2, 0) is 6.54 Å². The number of aryl methyl sites for hydroxylation is 1. The Morgan fingerprint density at radius 3 is 3.00 bits per heavy atom. The summed E-state index contributed by atoms with van der Waals surface area (Å²) >= 11 is 1.53. The lowest BCUT2D eigenvalue weighted by Gasteiger charge is -2.00. The predicted molar refractivity (Wildman–Crippen MR) is 63.3 cm³/mol. The lowest BCUT2D eigenvalue weighted by molar-refractivity contribution is 0.619. The summed E-state index contributed by atoms with van der Waals surface area (Å²) in [4.78, 5) is 4.39. The van der Waals surface area contributed by atoms with Crippen LogP contribution < -0.4 is 11.3 Å². The molecule has 2 aromatic rings. The molecular weight excluding hydrogens is 225 g/mol. The molecule has 0 aliphatic carbocycles. The molecule has 84 valence electrons. The molecule has 0 aliphatic heterocycles. The average Bonchev–Trinajstić information content (AvgIpc) is 2.71. The number of hydrogen-bond acceptors (Lipinski definition) is 4. The standard InChI is InChI=1S/C11H12FN3S/c1-7-4-8(2-3-9(7)12)10-6-16-11(15-10)5-14-13/h2-4,6,14H,5,13H2,1H3. The molecule has 16 heavy (non-hydrogen) atoms. The summed E-state index contributed by atoms with van der Waals surface area (Å²) in [7, 11) is 0. The van der Waals surface area contributed by atoms with E-state index in [0.717, 1.165) is 16.3 Å². The highest BCUT2D eigenvalue weighted by molar-refractivity contribution is 7.09. The van der Waals surface area contributed by atoms with Crippen LogP contribution in [0.3, 0.4) is 0 Å². The van der Waals surface area contributed by atoms with Crippen molar-refractivity contribution in [1.29, 1.82) is 0 Å². The molecule has 0 amide bonds. The Labute approximate surface area is 97.1 Å². The minimum Gasteiger partial charge on any atom is -0.271 e. The quantitative estimate of drug-likeness (QED) is 0.635. The number of benzene rings is 1. The van der Waals surface area contributed by atoms with Crippen molar-refractivity contribution in [1.82, 2.24) is 10.4 Å². The third-order valence-corrected chi connectivity index (χ3v) is 3.11. The van der Waals surface area contributed by atoms with Crippen molar-refractivity contribution in [3.8, 4) is 11.3 Å². The molecule has 3 nitrogen and oxygen atoms in total.